The van der Waals surface area contributed by atoms with Crippen molar-refractivity contribution in [3.05, 3.63) is 0 Å². The van der Waals surface area contributed by atoms with E-state index in [2.05, 4.69) is 6.92 Å². The summed E-state index contributed by atoms with van der Waals surface area (Å²) in [5.74, 6) is 0.299. The fourth-order valence-electron chi connectivity index (χ4n) is 1.88. The van der Waals surface area contributed by atoms with Crippen LogP contribution in [-0.2, 0) is 4.79 Å². The van der Waals surface area contributed by atoms with Gasteiger partial charge in [-0.15, -0.1) is 0 Å². The number of hydrogen-bond donors (Lipinski definition) is 2. The van der Waals surface area contributed by atoms with Gasteiger partial charge in [0.25, 0.3) is 0 Å². The highest BCUT2D eigenvalue weighted by Crippen LogP contribution is 2.21. The van der Waals surface area contributed by atoms with E-state index in [4.69, 9.17) is 10.8 Å². The Morgan fingerprint density at radius 3 is 2.92 bits per heavy atom. The van der Waals surface area contributed by atoms with E-state index in [0.29, 0.717) is 12.5 Å². The summed E-state index contributed by atoms with van der Waals surface area (Å²) in [6.45, 7) is 3.65. The van der Waals surface area contributed by atoms with Crippen LogP contribution in [0.15, 0.2) is 0 Å². The zero-order valence-corrected chi connectivity index (χ0v) is 8.07. The number of hydrogen-bond acceptors (Lipinski definition) is 3. The van der Waals surface area contributed by atoms with Crippen LogP contribution in [0.1, 0.15) is 19.8 Å². The Kier molecular flexibility index (Phi) is 3.69. The highest BCUT2D eigenvalue weighted by Gasteiger charge is 2.29. The Morgan fingerprint density at radius 1 is 1.69 bits per heavy atom. The van der Waals surface area contributed by atoms with E-state index in [1.165, 1.54) is 0 Å². The Bertz CT molecular complexity index is 184. The first kappa shape index (κ1) is 10.5. The number of rotatable bonds is 3. The van der Waals surface area contributed by atoms with E-state index >= 15 is 0 Å². The molecule has 3 N–H and O–H groups in total. The van der Waals surface area contributed by atoms with E-state index in [1.807, 2.05) is 4.90 Å². The number of nitrogens with zero attached hydrogens (tertiary/aromatic N) is 1. The van der Waals surface area contributed by atoms with E-state index in [-0.39, 0.29) is 18.6 Å². The van der Waals surface area contributed by atoms with E-state index in [0.717, 1.165) is 19.4 Å². The predicted octanol–water partition coefficient (Wildman–Crippen LogP) is -0.435. The molecule has 0 aliphatic carbocycles. The minimum atomic E-state index is -0.264. The van der Waals surface area contributed by atoms with Crippen LogP contribution in [0, 0.1) is 5.92 Å². The molecule has 4 nitrogen and oxygen atoms in total. The standard InChI is InChI=1S/C9H18N2O2/c1-7-2-3-11(4-5-12)8(6-7)9(10)13/h7-8,12H,2-6H2,1H3,(H2,10,13). The minimum absolute atomic E-state index is 0.0954. The third-order valence-corrected chi connectivity index (χ3v) is 2.69. The normalized spacial score (nSPS) is 30.3. The molecule has 13 heavy (non-hydrogen) atoms. The molecular weight excluding hydrogens is 168 g/mol. The molecule has 76 valence electrons. The average Bonchev–Trinajstić information content (AvgIpc) is 2.08. The highest BCUT2D eigenvalue weighted by atomic mass is 16.3. The second-order valence-electron chi connectivity index (χ2n) is 3.81. The molecule has 1 saturated heterocycles. The lowest BCUT2D eigenvalue weighted by atomic mass is 9.92. The third-order valence-electron chi connectivity index (χ3n) is 2.69. The van der Waals surface area contributed by atoms with Crippen LogP contribution in [0.25, 0.3) is 0 Å². The monoisotopic (exact) mass is 186 g/mol. The lowest BCUT2D eigenvalue weighted by Crippen LogP contribution is -2.50. The molecule has 4 heteroatoms. The lowest BCUT2D eigenvalue weighted by Gasteiger charge is -2.36. The molecule has 0 saturated carbocycles. The molecule has 0 aromatic carbocycles. The molecule has 2 unspecified atom stereocenters. The van der Waals surface area contributed by atoms with Gasteiger partial charge in [0, 0.05) is 6.54 Å². The summed E-state index contributed by atoms with van der Waals surface area (Å²) in [5.41, 5.74) is 5.29. The maximum Gasteiger partial charge on any atom is 0.234 e. The van der Waals surface area contributed by atoms with Crippen molar-refractivity contribution in [1.82, 2.24) is 4.90 Å². The molecule has 0 spiro atoms. The van der Waals surface area contributed by atoms with Crippen LogP contribution in [0.2, 0.25) is 0 Å². The van der Waals surface area contributed by atoms with Crippen molar-refractivity contribution in [2.75, 3.05) is 19.7 Å². The molecule has 1 rings (SSSR count). The van der Waals surface area contributed by atoms with Crippen molar-refractivity contribution in [3.8, 4) is 0 Å². The van der Waals surface area contributed by atoms with Gasteiger partial charge in [-0.2, -0.15) is 0 Å². The molecule has 1 amide bonds. The predicted molar refractivity (Wildman–Crippen MR) is 50.0 cm³/mol. The fourth-order valence-corrected chi connectivity index (χ4v) is 1.88. The first-order chi connectivity index (χ1) is 6.15. The molecule has 0 radical (unpaired) electrons. The number of likely N-dealkylation sites (tertiary alicyclic amines) is 1. The number of aliphatic hydroxyl groups is 1. The maximum atomic E-state index is 11.1. The smallest absolute Gasteiger partial charge is 0.234 e. The number of primary amides is 1. The summed E-state index contributed by atoms with van der Waals surface area (Å²) in [5, 5.41) is 8.79. The first-order valence-corrected chi connectivity index (χ1v) is 4.79. The average molecular weight is 186 g/mol. The molecule has 1 fully saturated rings. The molecule has 0 bridgehead atoms. The largest absolute Gasteiger partial charge is 0.395 e. The second-order valence-corrected chi connectivity index (χ2v) is 3.81. The third kappa shape index (κ3) is 2.67. The summed E-state index contributed by atoms with van der Waals surface area (Å²) in [7, 11) is 0. The maximum absolute atomic E-state index is 11.1. The zero-order valence-electron chi connectivity index (χ0n) is 8.07. The summed E-state index contributed by atoms with van der Waals surface area (Å²) < 4.78 is 0. The van der Waals surface area contributed by atoms with Gasteiger partial charge in [0.05, 0.1) is 12.6 Å². The van der Waals surface area contributed by atoms with Gasteiger partial charge in [-0.25, -0.2) is 0 Å². The summed E-state index contributed by atoms with van der Waals surface area (Å²) >= 11 is 0. The highest BCUT2D eigenvalue weighted by molar-refractivity contribution is 5.79. The molecule has 2 atom stereocenters. The number of β-amino-alcohol motifs (C(OH)–C–C–N with tert-alkyl or cyclic N) is 1. The first-order valence-electron chi connectivity index (χ1n) is 4.79. The van der Waals surface area contributed by atoms with Crippen molar-refractivity contribution in [1.29, 1.82) is 0 Å². The number of aliphatic hydroxyl groups excluding tert-OH is 1. The van der Waals surface area contributed by atoms with E-state index in [9.17, 15) is 4.79 Å². The van der Waals surface area contributed by atoms with Crippen molar-refractivity contribution < 1.29 is 9.90 Å². The van der Waals surface area contributed by atoms with E-state index in [1.54, 1.807) is 0 Å². The van der Waals surface area contributed by atoms with Crippen LogP contribution in [0.4, 0.5) is 0 Å². The Hall–Kier alpha value is -0.610. The van der Waals surface area contributed by atoms with Crippen LogP contribution in [0.3, 0.4) is 0 Å². The molecule has 1 aliphatic heterocycles. The number of carbonyl (C=O) groups excluding carboxylic acids is 1. The summed E-state index contributed by atoms with van der Waals surface area (Å²) in [6.07, 6.45) is 1.92. The summed E-state index contributed by atoms with van der Waals surface area (Å²) in [6, 6.07) is -0.170. The number of piperidine rings is 1. The second kappa shape index (κ2) is 4.58. The Balaban J connectivity index is 2.55. The topological polar surface area (TPSA) is 66.6 Å². The van der Waals surface area contributed by atoms with Crippen LogP contribution in [-0.4, -0.2) is 41.7 Å². The van der Waals surface area contributed by atoms with Gasteiger partial charge in [0.1, 0.15) is 0 Å². The van der Waals surface area contributed by atoms with Gasteiger partial charge in [-0.3, -0.25) is 9.69 Å². The summed E-state index contributed by atoms with van der Waals surface area (Å²) in [4.78, 5) is 13.1. The van der Waals surface area contributed by atoms with E-state index < -0.39 is 0 Å². The van der Waals surface area contributed by atoms with Gasteiger partial charge >= 0.3 is 0 Å². The minimum Gasteiger partial charge on any atom is -0.395 e. The molecule has 1 aliphatic rings. The van der Waals surface area contributed by atoms with Gasteiger partial charge < -0.3 is 10.8 Å². The quantitative estimate of drug-likeness (QED) is 0.628. The SMILES string of the molecule is CC1CCN(CCO)C(C(N)=O)C1. The van der Waals surface area contributed by atoms with Gasteiger partial charge in [-0.1, -0.05) is 6.92 Å². The van der Waals surface area contributed by atoms with Crippen molar-refractivity contribution >= 4 is 5.91 Å². The van der Waals surface area contributed by atoms with Crippen LogP contribution in [0.5, 0.6) is 0 Å². The Labute approximate surface area is 78.7 Å². The molecular formula is C9H18N2O2. The molecule has 1 heterocycles. The van der Waals surface area contributed by atoms with Crippen LogP contribution < -0.4 is 5.73 Å². The van der Waals surface area contributed by atoms with Gasteiger partial charge in [0.15, 0.2) is 0 Å². The zero-order chi connectivity index (χ0) is 9.84. The molecule has 0 aromatic rings. The Morgan fingerprint density at radius 2 is 2.38 bits per heavy atom. The van der Waals surface area contributed by atoms with Crippen molar-refractivity contribution in [3.63, 3.8) is 0 Å². The van der Waals surface area contributed by atoms with Crippen molar-refractivity contribution in [2.45, 2.75) is 25.8 Å². The van der Waals surface area contributed by atoms with Crippen molar-refractivity contribution in [2.24, 2.45) is 11.7 Å². The van der Waals surface area contributed by atoms with Crippen LogP contribution >= 0.6 is 0 Å². The molecule has 0 aromatic heterocycles. The lowest BCUT2D eigenvalue weighted by molar-refractivity contribution is -0.125. The number of amides is 1. The number of carbonyl (C=O) groups is 1. The van der Waals surface area contributed by atoms with Gasteiger partial charge in [-0.05, 0) is 25.3 Å². The van der Waals surface area contributed by atoms with Gasteiger partial charge in [0.2, 0.25) is 5.91 Å². The number of nitrogens with two attached hydrogens (primary N) is 1. The fraction of sp³-hybridized carbons (Fsp3) is 0.889.